The Labute approximate surface area is 195 Å². The van der Waals surface area contributed by atoms with Crippen molar-refractivity contribution in [1.82, 2.24) is 29.3 Å². The molecule has 174 valence electrons. The van der Waals surface area contributed by atoms with Gasteiger partial charge in [-0.25, -0.2) is 24.0 Å². The maximum absolute atomic E-state index is 14.8. The summed E-state index contributed by atoms with van der Waals surface area (Å²) in [4.78, 5) is 26.1. The second-order valence-corrected chi connectivity index (χ2v) is 8.52. The average molecular weight is 462 g/mol. The molecule has 0 saturated heterocycles. The molecular weight excluding hydrogens is 437 g/mol. The van der Waals surface area contributed by atoms with Gasteiger partial charge in [0.25, 0.3) is 5.91 Å². The van der Waals surface area contributed by atoms with Crippen molar-refractivity contribution in [3.63, 3.8) is 0 Å². The molecule has 3 heterocycles. The monoisotopic (exact) mass is 461 g/mol. The van der Waals surface area contributed by atoms with Crippen molar-refractivity contribution in [3.05, 3.63) is 71.8 Å². The van der Waals surface area contributed by atoms with Gasteiger partial charge in [-0.2, -0.15) is 5.10 Å². The van der Waals surface area contributed by atoms with Crippen molar-refractivity contribution in [2.24, 2.45) is 0 Å². The normalized spacial score (nSPS) is 14.2. The van der Waals surface area contributed by atoms with Crippen molar-refractivity contribution in [3.8, 4) is 17.2 Å². The van der Waals surface area contributed by atoms with Crippen LogP contribution in [0.25, 0.3) is 17.2 Å². The summed E-state index contributed by atoms with van der Waals surface area (Å²) in [7, 11) is 0. The number of halogens is 1. The molecular formula is C24H24FN7O2. The number of carbonyl (C=O) groups is 1. The van der Waals surface area contributed by atoms with E-state index < -0.39 is 11.7 Å². The van der Waals surface area contributed by atoms with Crippen molar-refractivity contribution in [2.75, 3.05) is 11.9 Å². The quantitative estimate of drug-likeness (QED) is 0.435. The number of carbonyl (C=O) groups excluding carboxylic acids is 1. The first-order valence-electron chi connectivity index (χ1n) is 11.1. The van der Waals surface area contributed by atoms with Crippen LogP contribution in [0.5, 0.6) is 0 Å². The van der Waals surface area contributed by atoms with E-state index in [0.717, 1.165) is 18.5 Å². The lowest BCUT2D eigenvalue weighted by atomic mass is 10.1. The number of aryl methyl sites for hydroxylation is 1. The van der Waals surface area contributed by atoms with Crippen LogP contribution >= 0.6 is 0 Å². The number of imidazole rings is 1. The van der Waals surface area contributed by atoms with E-state index in [-0.39, 0.29) is 24.0 Å². The third-order valence-corrected chi connectivity index (χ3v) is 5.88. The number of aliphatic hydroxyl groups excluding tert-OH is 1. The lowest BCUT2D eigenvalue weighted by Crippen LogP contribution is -2.16. The van der Waals surface area contributed by atoms with Crippen LogP contribution in [-0.4, -0.2) is 46.9 Å². The molecule has 9 nitrogen and oxygen atoms in total. The molecule has 0 spiro atoms. The number of nitrogens with one attached hydrogen (secondary N) is 1. The van der Waals surface area contributed by atoms with Crippen LogP contribution in [-0.2, 0) is 0 Å². The zero-order valence-corrected chi connectivity index (χ0v) is 18.8. The number of nitrogens with zero attached hydrogens (tertiary/aromatic N) is 6. The molecule has 1 saturated carbocycles. The van der Waals surface area contributed by atoms with Gasteiger partial charge in [-0.05, 0) is 56.5 Å². The van der Waals surface area contributed by atoms with Crippen LogP contribution in [0.3, 0.4) is 0 Å². The standard InChI is InChI=1S/C24H24FN7O2/c1-14-8-18(25)17(9-21(14)31-10-20(27-13-31)16-6-7-16)24(34)30-22-5-3-4-19(29-22)23-26-12-28-32(23)15(2)11-33/h3-5,8-10,12-13,15-16,33H,6-7,11H2,1-2H3,(H,29,30,34). The van der Waals surface area contributed by atoms with Crippen LogP contribution in [0.2, 0.25) is 0 Å². The summed E-state index contributed by atoms with van der Waals surface area (Å²) in [5, 5.41) is 16.3. The summed E-state index contributed by atoms with van der Waals surface area (Å²) in [6.45, 7) is 3.49. The maximum atomic E-state index is 14.8. The molecule has 0 bridgehead atoms. The number of hydrogen-bond donors (Lipinski definition) is 2. The molecule has 2 N–H and O–H groups in total. The summed E-state index contributed by atoms with van der Waals surface area (Å²) in [6.07, 6.45) is 7.28. The summed E-state index contributed by atoms with van der Waals surface area (Å²) in [5.74, 6) is -0.0405. The highest BCUT2D eigenvalue weighted by molar-refractivity contribution is 6.04. The molecule has 1 aliphatic rings. The van der Waals surface area contributed by atoms with Crippen molar-refractivity contribution in [1.29, 1.82) is 0 Å². The Hall–Kier alpha value is -3.92. The molecule has 1 unspecified atom stereocenters. The fourth-order valence-electron chi connectivity index (χ4n) is 3.82. The first kappa shape index (κ1) is 21.9. The zero-order chi connectivity index (χ0) is 23.8. The van der Waals surface area contributed by atoms with E-state index in [2.05, 4.69) is 25.4 Å². The van der Waals surface area contributed by atoms with Crippen molar-refractivity contribution >= 4 is 11.7 Å². The number of pyridine rings is 1. The predicted molar refractivity (Wildman–Crippen MR) is 123 cm³/mol. The molecule has 1 fully saturated rings. The predicted octanol–water partition coefficient (Wildman–Crippen LogP) is 3.66. The molecule has 10 heteroatoms. The van der Waals surface area contributed by atoms with E-state index in [1.807, 2.05) is 10.8 Å². The van der Waals surface area contributed by atoms with Gasteiger partial charge in [-0.1, -0.05) is 6.07 Å². The molecule has 5 rings (SSSR count). The first-order valence-corrected chi connectivity index (χ1v) is 11.1. The Morgan fingerprint density at radius 3 is 2.88 bits per heavy atom. The molecule has 4 aromatic rings. The van der Waals surface area contributed by atoms with Gasteiger partial charge in [0.2, 0.25) is 0 Å². The Bertz CT molecular complexity index is 1360. The highest BCUT2D eigenvalue weighted by atomic mass is 19.1. The second kappa shape index (κ2) is 8.79. The molecule has 0 aliphatic heterocycles. The number of aliphatic hydroxyl groups is 1. The SMILES string of the molecule is Cc1cc(F)c(C(=O)Nc2cccc(-c3ncnn3C(C)CO)n2)cc1-n1cnc(C2CC2)c1. The fraction of sp³-hybridized carbons (Fsp3) is 0.292. The molecule has 1 amide bonds. The van der Waals surface area contributed by atoms with Gasteiger partial charge in [-0.3, -0.25) is 4.79 Å². The van der Waals surface area contributed by atoms with E-state index in [4.69, 9.17) is 0 Å². The maximum Gasteiger partial charge on any atom is 0.259 e. The van der Waals surface area contributed by atoms with E-state index >= 15 is 0 Å². The Balaban J connectivity index is 1.41. The van der Waals surface area contributed by atoms with Gasteiger partial charge in [0.1, 0.15) is 23.7 Å². The molecule has 34 heavy (non-hydrogen) atoms. The Morgan fingerprint density at radius 1 is 1.29 bits per heavy atom. The van der Waals surface area contributed by atoms with Crippen LogP contribution in [0.1, 0.15) is 53.3 Å². The van der Waals surface area contributed by atoms with Crippen molar-refractivity contribution in [2.45, 2.75) is 38.6 Å². The summed E-state index contributed by atoms with van der Waals surface area (Å²) in [6, 6.07) is 7.64. The van der Waals surface area contributed by atoms with Gasteiger partial charge in [0, 0.05) is 12.1 Å². The average Bonchev–Trinajstić information content (AvgIpc) is 3.35. The third-order valence-electron chi connectivity index (χ3n) is 5.88. The number of hydrogen-bond acceptors (Lipinski definition) is 6. The van der Waals surface area contributed by atoms with Gasteiger partial charge in [0.05, 0.1) is 35.9 Å². The van der Waals surface area contributed by atoms with E-state index in [0.29, 0.717) is 28.7 Å². The molecule has 3 aromatic heterocycles. The number of amides is 1. The minimum atomic E-state index is -0.617. The van der Waals surface area contributed by atoms with Gasteiger partial charge < -0.3 is 15.0 Å². The van der Waals surface area contributed by atoms with Gasteiger partial charge >= 0.3 is 0 Å². The second-order valence-electron chi connectivity index (χ2n) is 8.52. The van der Waals surface area contributed by atoms with Crippen LogP contribution in [0.15, 0.2) is 49.2 Å². The molecule has 1 atom stereocenters. The molecule has 1 aromatic carbocycles. The number of aromatic nitrogens is 6. The largest absolute Gasteiger partial charge is 0.394 e. The van der Waals surface area contributed by atoms with E-state index in [1.54, 1.807) is 43.1 Å². The number of benzene rings is 1. The minimum absolute atomic E-state index is 0.0912. The fourth-order valence-corrected chi connectivity index (χ4v) is 3.82. The molecule has 0 radical (unpaired) electrons. The summed E-state index contributed by atoms with van der Waals surface area (Å²) >= 11 is 0. The zero-order valence-electron chi connectivity index (χ0n) is 18.8. The van der Waals surface area contributed by atoms with E-state index in [9.17, 15) is 14.3 Å². The first-order chi connectivity index (χ1) is 16.4. The van der Waals surface area contributed by atoms with Gasteiger partial charge in [-0.15, -0.1) is 0 Å². The van der Waals surface area contributed by atoms with Crippen molar-refractivity contribution < 1.29 is 14.3 Å². The Morgan fingerprint density at radius 2 is 2.12 bits per heavy atom. The van der Waals surface area contributed by atoms with Crippen LogP contribution in [0.4, 0.5) is 10.2 Å². The minimum Gasteiger partial charge on any atom is -0.394 e. The highest BCUT2D eigenvalue weighted by Crippen LogP contribution is 2.39. The van der Waals surface area contributed by atoms with Crippen LogP contribution < -0.4 is 5.32 Å². The lowest BCUT2D eigenvalue weighted by Gasteiger charge is -2.13. The lowest BCUT2D eigenvalue weighted by molar-refractivity contribution is 0.102. The summed E-state index contributed by atoms with van der Waals surface area (Å²) < 4.78 is 18.2. The topological polar surface area (TPSA) is 111 Å². The molecule has 1 aliphatic carbocycles. The third kappa shape index (κ3) is 4.19. The number of rotatable bonds is 7. The van der Waals surface area contributed by atoms with Gasteiger partial charge in [0.15, 0.2) is 5.82 Å². The van der Waals surface area contributed by atoms with E-state index in [1.165, 1.54) is 18.5 Å². The highest BCUT2D eigenvalue weighted by Gasteiger charge is 2.26. The van der Waals surface area contributed by atoms with Crippen LogP contribution in [0, 0.1) is 12.7 Å². The smallest absolute Gasteiger partial charge is 0.259 e. The number of anilines is 1. The Kier molecular flexibility index (Phi) is 5.66. The summed E-state index contributed by atoms with van der Waals surface area (Å²) in [5.41, 5.74) is 2.78.